The molecular weight excluding hydrogens is 205 g/mol. The molecule has 16 heavy (non-hydrogen) atoms. The van der Waals surface area contributed by atoms with Crippen LogP contribution in [0.5, 0.6) is 0 Å². The Labute approximate surface area is 95.8 Å². The lowest BCUT2D eigenvalue weighted by Crippen LogP contribution is -2.33. The molecule has 2 nitrogen and oxygen atoms in total. The number of aryl methyl sites for hydroxylation is 1. The van der Waals surface area contributed by atoms with Crippen molar-refractivity contribution < 1.29 is 9.13 Å². The van der Waals surface area contributed by atoms with Gasteiger partial charge in [0.2, 0.25) is 0 Å². The van der Waals surface area contributed by atoms with Crippen molar-refractivity contribution >= 4 is 0 Å². The van der Waals surface area contributed by atoms with Gasteiger partial charge in [0.1, 0.15) is 5.82 Å². The second-order valence-corrected chi connectivity index (χ2v) is 4.39. The normalized spacial score (nSPS) is 25.7. The Morgan fingerprint density at radius 3 is 3.00 bits per heavy atom. The third kappa shape index (κ3) is 2.42. The molecular formula is C13H18FNO. The van der Waals surface area contributed by atoms with E-state index in [1.54, 1.807) is 6.07 Å². The quantitative estimate of drug-likeness (QED) is 0.832. The van der Waals surface area contributed by atoms with Crippen LogP contribution in [-0.4, -0.2) is 19.7 Å². The molecule has 2 atom stereocenters. The number of hydrogen-bond donors (Lipinski definition) is 1. The van der Waals surface area contributed by atoms with E-state index in [-0.39, 0.29) is 11.9 Å². The molecule has 1 fully saturated rings. The summed E-state index contributed by atoms with van der Waals surface area (Å²) in [4.78, 5) is 0. The fourth-order valence-corrected chi connectivity index (χ4v) is 2.19. The molecule has 1 aromatic carbocycles. The largest absolute Gasteiger partial charge is 0.373 e. The van der Waals surface area contributed by atoms with E-state index in [0.29, 0.717) is 18.2 Å². The molecule has 1 aromatic rings. The number of rotatable bonds is 2. The van der Waals surface area contributed by atoms with E-state index in [9.17, 15) is 4.39 Å². The molecule has 0 spiro atoms. The lowest BCUT2D eigenvalue weighted by atomic mass is 9.96. The van der Waals surface area contributed by atoms with Gasteiger partial charge in [-0.15, -0.1) is 0 Å². The van der Waals surface area contributed by atoms with Crippen molar-refractivity contribution in [3.63, 3.8) is 0 Å². The summed E-state index contributed by atoms with van der Waals surface area (Å²) in [6.07, 6.45) is 1.74. The van der Waals surface area contributed by atoms with E-state index in [0.717, 1.165) is 18.4 Å². The second-order valence-electron chi connectivity index (χ2n) is 4.39. The summed E-state index contributed by atoms with van der Waals surface area (Å²) in [5.41, 5.74) is 1.77. The average Bonchev–Trinajstić information content (AvgIpc) is 2.32. The van der Waals surface area contributed by atoms with Gasteiger partial charge >= 0.3 is 0 Å². The Bertz CT molecular complexity index is 367. The van der Waals surface area contributed by atoms with Crippen LogP contribution in [0.2, 0.25) is 0 Å². The number of hydrogen-bond acceptors (Lipinski definition) is 2. The zero-order chi connectivity index (χ0) is 11.5. The first-order chi connectivity index (χ1) is 7.70. The minimum atomic E-state index is -0.160. The summed E-state index contributed by atoms with van der Waals surface area (Å²) in [5.74, 6) is -0.160. The van der Waals surface area contributed by atoms with E-state index in [1.807, 2.05) is 20.0 Å². The van der Waals surface area contributed by atoms with Crippen LogP contribution in [0, 0.1) is 12.7 Å². The Morgan fingerprint density at radius 2 is 2.25 bits per heavy atom. The maximum atomic E-state index is 13.7. The predicted octanol–water partition coefficient (Wildman–Crippen LogP) is 2.57. The van der Waals surface area contributed by atoms with Gasteiger partial charge in [-0.1, -0.05) is 17.7 Å². The van der Waals surface area contributed by atoms with Crippen molar-refractivity contribution in [1.29, 1.82) is 0 Å². The molecule has 1 N–H and O–H groups in total. The molecule has 2 unspecified atom stereocenters. The Balaban J connectivity index is 2.19. The van der Waals surface area contributed by atoms with E-state index < -0.39 is 0 Å². The van der Waals surface area contributed by atoms with E-state index in [1.165, 1.54) is 6.07 Å². The van der Waals surface area contributed by atoms with Gasteiger partial charge in [-0.25, -0.2) is 4.39 Å². The third-order valence-corrected chi connectivity index (χ3v) is 3.19. The fourth-order valence-electron chi connectivity index (χ4n) is 2.19. The monoisotopic (exact) mass is 223 g/mol. The molecule has 1 saturated heterocycles. The molecule has 3 heteroatoms. The van der Waals surface area contributed by atoms with Crippen LogP contribution in [0.15, 0.2) is 18.2 Å². The molecule has 0 radical (unpaired) electrons. The fraction of sp³-hybridized carbons (Fsp3) is 0.538. The first kappa shape index (κ1) is 11.6. The molecule has 0 aliphatic carbocycles. The maximum absolute atomic E-state index is 13.7. The second kappa shape index (κ2) is 4.93. The number of halogens is 1. The molecule has 0 bridgehead atoms. The zero-order valence-electron chi connectivity index (χ0n) is 9.79. The highest BCUT2D eigenvalue weighted by molar-refractivity contribution is 5.26. The van der Waals surface area contributed by atoms with Gasteiger partial charge in [-0.2, -0.15) is 0 Å². The van der Waals surface area contributed by atoms with Crippen LogP contribution in [0.1, 0.15) is 30.1 Å². The summed E-state index contributed by atoms with van der Waals surface area (Å²) >= 11 is 0. The maximum Gasteiger partial charge on any atom is 0.129 e. The molecule has 2 rings (SSSR count). The van der Waals surface area contributed by atoms with Gasteiger partial charge in [0.15, 0.2) is 0 Å². The highest BCUT2D eigenvalue weighted by Gasteiger charge is 2.24. The molecule has 1 heterocycles. The van der Waals surface area contributed by atoms with E-state index in [2.05, 4.69) is 5.32 Å². The van der Waals surface area contributed by atoms with Gasteiger partial charge in [0.25, 0.3) is 0 Å². The summed E-state index contributed by atoms with van der Waals surface area (Å²) < 4.78 is 19.3. The standard InChI is InChI=1S/C13H18FNO/c1-9-3-4-12(14)11(7-9)13-8-10(15-2)5-6-16-13/h3-4,7,10,13,15H,5-6,8H2,1-2H3. The lowest BCUT2D eigenvalue weighted by Gasteiger charge is -2.29. The Hall–Kier alpha value is -0.930. The zero-order valence-corrected chi connectivity index (χ0v) is 9.79. The van der Waals surface area contributed by atoms with Crippen LogP contribution >= 0.6 is 0 Å². The van der Waals surface area contributed by atoms with Crippen molar-refractivity contribution in [2.45, 2.75) is 31.9 Å². The Morgan fingerprint density at radius 1 is 1.44 bits per heavy atom. The van der Waals surface area contributed by atoms with Crippen LogP contribution in [0.25, 0.3) is 0 Å². The number of benzene rings is 1. The van der Waals surface area contributed by atoms with Crippen molar-refractivity contribution in [1.82, 2.24) is 5.32 Å². The first-order valence-corrected chi connectivity index (χ1v) is 5.75. The molecule has 0 amide bonds. The van der Waals surface area contributed by atoms with Crippen LogP contribution in [0.3, 0.4) is 0 Å². The molecule has 1 aliphatic rings. The van der Waals surface area contributed by atoms with E-state index in [4.69, 9.17) is 4.74 Å². The number of nitrogens with one attached hydrogen (secondary N) is 1. The average molecular weight is 223 g/mol. The van der Waals surface area contributed by atoms with Gasteiger partial charge in [-0.3, -0.25) is 0 Å². The van der Waals surface area contributed by atoms with Gasteiger partial charge in [0, 0.05) is 18.2 Å². The van der Waals surface area contributed by atoms with Crippen molar-refractivity contribution in [2.75, 3.05) is 13.7 Å². The van der Waals surface area contributed by atoms with E-state index >= 15 is 0 Å². The lowest BCUT2D eigenvalue weighted by molar-refractivity contribution is -0.000430. The molecule has 0 saturated carbocycles. The van der Waals surface area contributed by atoms with Crippen LogP contribution in [-0.2, 0) is 4.74 Å². The summed E-state index contributed by atoms with van der Waals surface area (Å²) in [7, 11) is 1.94. The third-order valence-electron chi connectivity index (χ3n) is 3.19. The summed E-state index contributed by atoms with van der Waals surface area (Å²) in [6.45, 7) is 2.67. The van der Waals surface area contributed by atoms with Gasteiger partial charge in [0.05, 0.1) is 6.10 Å². The van der Waals surface area contributed by atoms with Gasteiger partial charge < -0.3 is 10.1 Å². The van der Waals surface area contributed by atoms with Crippen LogP contribution < -0.4 is 5.32 Å². The number of ether oxygens (including phenoxy) is 1. The summed E-state index contributed by atoms with van der Waals surface area (Å²) in [6, 6.07) is 5.63. The Kier molecular flexibility index (Phi) is 3.56. The highest BCUT2D eigenvalue weighted by Crippen LogP contribution is 2.30. The molecule has 1 aliphatic heterocycles. The van der Waals surface area contributed by atoms with Crippen molar-refractivity contribution in [2.24, 2.45) is 0 Å². The minimum absolute atomic E-state index is 0.105. The summed E-state index contributed by atoms with van der Waals surface area (Å²) in [5, 5.41) is 3.24. The topological polar surface area (TPSA) is 21.3 Å². The molecule has 0 aromatic heterocycles. The highest BCUT2D eigenvalue weighted by atomic mass is 19.1. The van der Waals surface area contributed by atoms with Crippen LogP contribution in [0.4, 0.5) is 4.39 Å². The first-order valence-electron chi connectivity index (χ1n) is 5.75. The van der Waals surface area contributed by atoms with Gasteiger partial charge in [-0.05, 0) is 32.9 Å². The predicted molar refractivity (Wildman–Crippen MR) is 61.9 cm³/mol. The SMILES string of the molecule is CNC1CCOC(c2cc(C)ccc2F)C1. The smallest absolute Gasteiger partial charge is 0.129 e. The van der Waals surface area contributed by atoms with Crippen molar-refractivity contribution in [3.05, 3.63) is 35.1 Å². The minimum Gasteiger partial charge on any atom is -0.373 e. The molecule has 88 valence electrons. The van der Waals surface area contributed by atoms with Crippen molar-refractivity contribution in [3.8, 4) is 0 Å².